The van der Waals surface area contributed by atoms with Crippen LogP contribution in [0.15, 0.2) is 48.5 Å². The van der Waals surface area contributed by atoms with Crippen molar-refractivity contribution in [1.29, 1.82) is 0 Å². The van der Waals surface area contributed by atoms with Gasteiger partial charge in [0.1, 0.15) is 5.75 Å². The fourth-order valence-corrected chi connectivity index (χ4v) is 2.44. The molecule has 0 aliphatic heterocycles. The molecule has 2 aromatic rings. The standard InChI is InChI=1S/C21H23N3O4/c1-24(2)19(25)13-28-18-10-8-16(9-11-18)22-21(27)15-4-3-5-17(12-15)23-20(26)14-6-7-14/h3-5,8-12,14H,6-7,13H2,1-2H3,(H,22,27)(H,23,26). The molecule has 0 unspecified atom stereocenters. The molecule has 1 saturated carbocycles. The van der Waals surface area contributed by atoms with E-state index < -0.39 is 0 Å². The van der Waals surface area contributed by atoms with Crippen LogP contribution < -0.4 is 15.4 Å². The minimum Gasteiger partial charge on any atom is -0.484 e. The van der Waals surface area contributed by atoms with Crippen molar-refractivity contribution in [3.8, 4) is 5.75 Å². The highest BCUT2D eigenvalue weighted by atomic mass is 16.5. The lowest BCUT2D eigenvalue weighted by Crippen LogP contribution is -2.27. The van der Waals surface area contributed by atoms with Gasteiger partial charge in [-0.3, -0.25) is 14.4 Å². The third-order valence-electron chi connectivity index (χ3n) is 4.31. The molecule has 3 amide bonds. The van der Waals surface area contributed by atoms with E-state index in [1.54, 1.807) is 62.6 Å². The molecule has 0 saturated heterocycles. The summed E-state index contributed by atoms with van der Waals surface area (Å²) in [5, 5.41) is 5.64. The molecular weight excluding hydrogens is 358 g/mol. The monoisotopic (exact) mass is 381 g/mol. The fraction of sp³-hybridized carbons (Fsp3) is 0.286. The number of likely N-dealkylation sites (N-methyl/N-ethyl adjacent to an activating group) is 1. The Hall–Kier alpha value is -3.35. The predicted molar refractivity (Wildman–Crippen MR) is 106 cm³/mol. The molecule has 0 aromatic heterocycles. The Labute approximate surface area is 163 Å². The van der Waals surface area contributed by atoms with Gasteiger partial charge in [0.15, 0.2) is 6.61 Å². The average Bonchev–Trinajstić information content (AvgIpc) is 3.52. The number of ether oxygens (including phenoxy) is 1. The first kappa shape index (κ1) is 19.4. The van der Waals surface area contributed by atoms with Crippen molar-refractivity contribution in [2.45, 2.75) is 12.8 Å². The Bertz CT molecular complexity index is 873. The van der Waals surface area contributed by atoms with Gasteiger partial charge in [0.25, 0.3) is 11.8 Å². The molecule has 1 fully saturated rings. The molecule has 0 heterocycles. The van der Waals surface area contributed by atoms with E-state index in [2.05, 4.69) is 10.6 Å². The number of nitrogens with zero attached hydrogens (tertiary/aromatic N) is 1. The van der Waals surface area contributed by atoms with Crippen LogP contribution in [-0.4, -0.2) is 43.3 Å². The minimum absolute atomic E-state index is 0.000829. The summed E-state index contributed by atoms with van der Waals surface area (Å²) in [5.41, 5.74) is 1.66. The Kier molecular flexibility index (Phi) is 5.93. The number of nitrogens with one attached hydrogen (secondary N) is 2. The van der Waals surface area contributed by atoms with Gasteiger partial charge in [-0.15, -0.1) is 0 Å². The van der Waals surface area contributed by atoms with Crippen molar-refractivity contribution in [3.63, 3.8) is 0 Å². The minimum atomic E-state index is -0.279. The normalized spacial score (nSPS) is 12.8. The van der Waals surface area contributed by atoms with E-state index in [1.165, 1.54) is 4.90 Å². The Morgan fingerprint density at radius 3 is 2.36 bits per heavy atom. The zero-order chi connectivity index (χ0) is 20.1. The van der Waals surface area contributed by atoms with Gasteiger partial charge in [0, 0.05) is 37.0 Å². The maximum absolute atomic E-state index is 12.5. The lowest BCUT2D eigenvalue weighted by Gasteiger charge is -2.12. The van der Waals surface area contributed by atoms with Crippen LogP contribution in [-0.2, 0) is 9.59 Å². The van der Waals surface area contributed by atoms with E-state index in [0.717, 1.165) is 12.8 Å². The van der Waals surface area contributed by atoms with Crippen molar-refractivity contribution >= 4 is 29.1 Å². The molecule has 3 rings (SSSR count). The van der Waals surface area contributed by atoms with E-state index in [9.17, 15) is 14.4 Å². The summed E-state index contributed by atoms with van der Waals surface area (Å²) in [7, 11) is 3.33. The molecule has 2 aromatic carbocycles. The molecule has 0 atom stereocenters. The number of carbonyl (C=O) groups excluding carboxylic acids is 3. The molecule has 0 bridgehead atoms. The lowest BCUT2D eigenvalue weighted by atomic mass is 10.1. The number of hydrogen-bond acceptors (Lipinski definition) is 4. The van der Waals surface area contributed by atoms with Crippen LogP contribution in [0.3, 0.4) is 0 Å². The maximum atomic E-state index is 12.5. The third kappa shape index (κ3) is 5.33. The van der Waals surface area contributed by atoms with Gasteiger partial charge in [-0.2, -0.15) is 0 Å². The van der Waals surface area contributed by atoms with E-state index >= 15 is 0 Å². The first-order chi connectivity index (χ1) is 13.4. The summed E-state index contributed by atoms with van der Waals surface area (Å²) in [6, 6.07) is 13.6. The SMILES string of the molecule is CN(C)C(=O)COc1ccc(NC(=O)c2cccc(NC(=O)C3CC3)c2)cc1. The second-order valence-electron chi connectivity index (χ2n) is 6.90. The van der Waals surface area contributed by atoms with Gasteiger partial charge in [0.2, 0.25) is 5.91 Å². The molecular formula is C21H23N3O4. The second-order valence-corrected chi connectivity index (χ2v) is 6.90. The van der Waals surface area contributed by atoms with E-state index in [1.807, 2.05) is 0 Å². The molecule has 1 aliphatic carbocycles. The van der Waals surface area contributed by atoms with Crippen LogP contribution in [0, 0.1) is 5.92 Å². The summed E-state index contributed by atoms with van der Waals surface area (Å²) >= 11 is 0. The van der Waals surface area contributed by atoms with Crippen LogP contribution in [0.25, 0.3) is 0 Å². The summed E-state index contributed by atoms with van der Waals surface area (Å²) in [6.07, 6.45) is 1.85. The molecule has 0 spiro atoms. The van der Waals surface area contributed by atoms with Crippen LogP contribution in [0.4, 0.5) is 11.4 Å². The van der Waals surface area contributed by atoms with E-state index in [0.29, 0.717) is 22.7 Å². The topological polar surface area (TPSA) is 87.7 Å². The summed E-state index contributed by atoms with van der Waals surface area (Å²) in [4.78, 5) is 37.3. The highest BCUT2D eigenvalue weighted by molar-refractivity contribution is 6.05. The van der Waals surface area contributed by atoms with Gasteiger partial charge >= 0.3 is 0 Å². The van der Waals surface area contributed by atoms with Gasteiger partial charge in [-0.25, -0.2) is 0 Å². The third-order valence-corrected chi connectivity index (χ3v) is 4.31. The molecule has 2 N–H and O–H groups in total. The van der Waals surface area contributed by atoms with Crippen LogP contribution in [0.5, 0.6) is 5.75 Å². The number of rotatable bonds is 7. The molecule has 7 nitrogen and oxygen atoms in total. The van der Waals surface area contributed by atoms with Crippen molar-refractivity contribution in [2.24, 2.45) is 5.92 Å². The van der Waals surface area contributed by atoms with Crippen LogP contribution >= 0.6 is 0 Å². The van der Waals surface area contributed by atoms with Crippen LogP contribution in [0.1, 0.15) is 23.2 Å². The van der Waals surface area contributed by atoms with Crippen LogP contribution in [0.2, 0.25) is 0 Å². The predicted octanol–water partition coefficient (Wildman–Crippen LogP) is 2.75. The maximum Gasteiger partial charge on any atom is 0.259 e. The summed E-state index contributed by atoms with van der Waals surface area (Å²) in [5.74, 6) is 0.232. The van der Waals surface area contributed by atoms with E-state index in [-0.39, 0.29) is 30.2 Å². The Morgan fingerprint density at radius 1 is 1.00 bits per heavy atom. The van der Waals surface area contributed by atoms with Gasteiger partial charge < -0.3 is 20.3 Å². The van der Waals surface area contributed by atoms with Gasteiger partial charge in [0.05, 0.1) is 0 Å². The quantitative estimate of drug-likeness (QED) is 0.772. The molecule has 1 aliphatic rings. The number of anilines is 2. The number of benzene rings is 2. The van der Waals surface area contributed by atoms with Crippen molar-refractivity contribution in [2.75, 3.05) is 31.3 Å². The molecule has 7 heteroatoms. The van der Waals surface area contributed by atoms with Crippen molar-refractivity contribution in [1.82, 2.24) is 4.90 Å². The molecule has 28 heavy (non-hydrogen) atoms. The highest BCUT2D eigenvalue weighted by Gasteiger charge is 2.29. The number of amides is 3. The summed E-state index contributed by atoms with van der Waals surface area (Å²) in [6.45, 7) is -0.0436. The fourth-order valence-electron chi connectivity index (χ4n) is 2.44. The largest absolute Gasteiger partial charge is 0.484 e. The van der Waals surface area contributed by atoms with E-state index in [4.69, 9.17) is 4.74 Å². The smallest absolute Gasteiger partial charge is 0.259 e. The summed E-state index contributed by atoms with van der Waals surface area (Å²) < 4.78 is 5.41. The molecule has 0 radical (unpaired) electrons. The first-order valence-electron chi connectivity index (χ1n) is 9.07. The second kappa shape index (κ2) is 8.56. The van der Waals surface area contributed by atoms with Gasteiger partial charge in [-0.05, 0) is 55.3 Å². The number of hydrogen-bond donors (Lipinski definition) is 2. The lowest BCUT2D eigenvalue weighted by molar-refractivity contribution is -0.130. The highest BCUT2D eigenvalue weighted by Crippen LogP contribution is 2.30. The van der Waals surface area contributed by atoms with Crippen molar-refractivity contribution < 1.29 is 19.1 Å². The zero-order valence-corrected chi connectivity index (χ0v) is 15.9. The average molecular weight is 381 g/mol. The number of carbonyl (C=O) groups is 3. The Morgan fingerprint density at radius 2 is 1.71 bits per heavy atom. The van der Waals surface area contributed by atoms with Crippen molar-refractivity contribution in [3.05, 3.63) is 54.1 Å². The zero-order valence-electron chi connectivity index (χ0n) is 15.9. The van der Waals surface area contributed by atoms with Gasteiger partial charge in [-0.1, -0.05) is 6.07 Å². The Balaban J connectivity index is 1.56. The first-order valence-corrected chi connectivity index (χ1v) is 9.07. The molecule has 146 valence electrons.